The van der Waals surface area contributed by atoms with Crippen LogP contribution < -0.4 is 5.32 Å². The molecule has 0 spiro atoms. The van der Waals surface area contributed by atoms with Crippen molar-refractivity contribution < 1.29 is 0 Å². The summed E-state index contributed by atoms with van der Waals surface area (Å²) in [6.45, 7) is 7.32. The fraction of sp³-hybridized carbons (Fsp3) is 0.357. The highest BCUT2D eigenvalue weighted by Gasteiger charge is 2.06. The number of benzene rings is 1. The molecule has 0 radical (unpaired) electrons. The molecule has 90 valence electrons. The van der Waals surface area contributed by atoms with Crippen LogP contribution in [0.3, 0.4) is 0 Å². The van der Waals surface area contributed by atoms with Gasteiger partial charge in [0, 0.05) is 24.2 Å². The minimum Gasteiger partial charge on any atom is -0.304 e. The van der Waals surface area contributed by atoms with E-state index in [-0.39, 0.29) is 0 Å². The standard InChI is InChI=1S/C14H18N2S/c1-10-6-11(2)8-13(7-10)12(3)16-9-14-15-4-5-17-14/h4-8,12,16H,9H2,1-3H3. The summed E-state index contributed by atoms with van der Waals surface area (Å²) in [4.78, 5) is 4.27. The van der Waals surface area contributed by atoms with Gasteiger partial charge in [0.25, 0.3) is 0 Å². The van der Waals surface area contributed by atoms with E-state index in [1.165, 1.54) is 16.7 Å². The maximum atomic E-state index is 4.27. The van der Waals surface area contributed by atoms with Gasteiger partial charge in [-0.15, -0.1) is 11.3 Å². The summed E-state index contributed by atoms with van der Waals surface area (Å²) < 4.78 is 0. The van der Waals surface area contributed by atoms with Crippen molar-refractivity contribution >= 4 is 11.3 Å². The van der Waals surface area contributed by atoms with Gasteiger partial charge in [-0.05, 0) is 26.3 Å². The fourth-order valence-corrected chi connectivity index (χ4v) is 2.53. The van der Waals surface area contributed by atoms with Gasteiger partial charge in [-0.1, -0.05) is 29.3 Å². The summed E-state index contributed by atoms with van der Waals surface area (Å²) in [7, 11) is 0. The van der Waals surface area contributed by atoms with E-state index in [1.807, 2.05) is 11.6 Å². The molecule has 0 amide bonds. The van der Waals surface area contributed by atoms with E-state index >= 15 is 0 Å². The van der Waals surface area contributed by atoms with E-state index in [9.17, 15) is 0 Å². The van der Waals surface area contributed by atoms with Crippen molar-refractivity contribution in [2.45, 2.75) is 33.4 Å². The molecule has 0 saturated carbocycles. The van der Waals surface area contributed by atoms with Crippen LogP contribution in [0.25, 0.3) is 0 Å². The Hall–Kier alpha value is -1.19. The Kier molecular flexibility index (Phi) is 3.92. The van der Waals surface area contributed by atoms with Gasteiger partial charge in [0.1, 0.15) is 5.01 Å². The molecular weight excluding hydrogens is 228 g/mol. The van der Waals surface area contributed by atoms with Gasteiger partial charge in [-0.3, -0.25) is 0 Å². The summed E-state index contributed by atoms with van der Waals surface area (Å²) in [5, 5.41) is 6.66. The van der Waals surface area contributed by atoms with Crippen LogP contribution in [0.5, 0.6) is 0 Å². The van der Waals surface area contributed by atoms with Crippen LogP contribution in [0, 0.1) is 13.8 Å². The largest absolute Gasteiger partial charge is 0.304 e. The third kappa shape index (κ3) is 3.38. The second kappa shape index (κ2) is 5.43. The number of hydrogen-bond acceptors (Lipinski definition) is 3. The SMILES string of the molecule is Cc1cc(C)cc(C(C)NCc2nccs2)c1. The van der Waals surface area contributed by atoms with Crippen LogP contribution in [0.15, 0.2) is 29.8 Å². The highest BCUT2D eigenvalue weighted by atomic mass is 32.1. The zero-order valence-electron chi connectivity index (χ0n) is 10.5. The average molecular weight is 246 g/mol. The summed E-state index contributed by atoms with van der Waals surface area (Å²) in [5.74, 6) is 0. The lowest BCUT2D eigenvalue weighted by Gasteiger charge is -2.14. The first-order chi connectivity index (χ1) is 8.15. The Balaban J connectivity index is 2.01. The van der Waals surface area contributed by atoms with Gasteiger partial charge in [0.2, 0.25) is 0 Å². The summed E-state index contributed by atoms with van der Waals surface area (Å²) in [6.07, 6.45) is 1.85. The average Bonchev–Trinajstić information content (AvgIpc) is 2.77. The molecule has 0 saturated heterocycles. The minimum absolute atomic E-state index is 0.359. The molecule has 2 rings (SSSR count). The Morgan fingerprint density at radius 2 is 1.94 bits per heavy atom. The summed E-state index contributed by atoms with van der Waals surface area (Å²) in [5.41, 5.74) is 3.99. The topological polar surface area (TPSA) is 24.9 Å². The molecule has 3 heteroatoms. The highest BCUT2D eigenvalue weighted by Crippen LogP contribution is 2.17. The van der Waals surface area contributed by atoms with Crippen LogP contribution >= 0.6 is 11.3 Å². The predicted octanol–water partition coefficient (Wildman–Crippen LogP) is 3.61. The monoisotopic (exact) mass is 246 g/mol. The normalized spacial score (nSPS) is 12.6. The predicted molar refractivity (Wildman–Crippen MR) is 73.3 cm³/mol. The fourth-order valence-electron chi connectivity index (χ4n) is 1.96. The van der Waals surface area contributed by atoms with Crippen LogP contribution in [0.4, 0.5) is 0 Å². The van der Waals surface area contributed by atoms with Crippen LogP contribution in [0.2, 0.25) is 0 Å². The van der Waals surface area contributed by atoms with Crippen LogP contribution in [-0.2, 0) is 6.54 Å². The molecule has 1 aromatic heterocycles. The first-order valence-corrected chi connectivity index (χ1v) is 6.73. The van der Waals surface area contributed by atoms with E-state index in [1.54, 1.807) is 11.3 Å². The molecule has 1 unspecified atom stereocenters. The van der Waals surface area contributed by atoms with Crippen molar-refractivity contribution in [1.82, 2.24) is 10.3 Å². The van der Waals surface area contributed by atoms with E-state index < -0.39 is 0 Å². The van der Waals surface area contributed by atoms with Crippen LogP contribution in [-0.4, -0.2) is 4.98 Å². The molecule has 0 bridgehead atoms. The zero-order valence-corrected chi connectivity index (χ0v) is 11.3. The quantitative estimate of drug-likeness (QED) is 0.891. The van der Waals surface area contributed by atoms with Gasteiger partial charge < -0.3 is 5.32 Å². The number of aromatic nitrogens is 1. The van der Waals surface area contributed by atoms with Crippen molar-refractivity contribution in [3.8, 4) is 0 Å². The van der Waals surface area contributed by atoms with E-state index in [0.717, 1.165) is 11.6 Å². The van der Waals surface area contributed by atoms with Gasteiger partial charge in [0.05, 0.1) is 0 Å². The minimum atomic E-state index is 0.359. The van der Waals surface area contributed by atoms with Gasteiger partial charge >= 0.3 is 0 Å². The molecule has 2 nitrogen and oxygen atoms in total. The molecule has 1 aromatic carbocycles. The lowest BCUT2D eigenvalue weighted by atomic mass is 10.0. The van der Waals surface area contributed by atoms with Crippen molar-refractivity contribution in [2.75, 3.05) is 0 Å². The second-order valence-corrected chi connectivity index (χ2v) is 5.43. The molecule has 0 fully saturated rings. The second-order valence-electron chi connectivity index (χ2n) is 4.45. The zero-order chi connectivity index (χ0) is 12.3. The molecule has 1 atom stereocenters. The molecule has 1 heterocycles. The number of hydrogen-bond donors (Lipinski definition) is 1. The third-order valence-electron chi connectivity index (χ3n) is 2.79. The lowest BCUT2D eigenvalue weighted by molar-refractivity contribution is 0.572. The van der Waals surface area contributed by atoms with E-state index in [0.29, 0.717) is 6.04 Å². The summed E-state index contributed by atoms with van der Waals surface area (Å²) >= 11 is 1.69. The number of nitrogens with zero attached hydrogens (tertiary/aromatic N) is 1. The molecule has 0 aliphatic carbocycles. The Morgan fingerprint density at radius 3 is 2.53 bits per heavy atom. The smallest absolute Gasteiger partial charge is 0.106 e. The third-order valence-corrected chi connectivity index (χ3v) is 3.57. The van der Waals surface area contributed by atoms with Crippen molar-refractivity contribution in [3.63, 3.8) is 0 Å². The Bertz CT molecular complexity index is 457. The molecule has 2 aromatic rings. The Morgan fingerprint density at radius 1 is 1.24 bits per heavy atom. The number of rotatable bonds is 4. The maximum Gasteiger partial charge on any atom is 0.106 e. The lowest BCUT2D eigenvalue weighted by Crippen LogP contribution is -2.18. The maximum absolute atomic E-state index is 4.27. The molecule has 0 aliphatic rings. The van der Waals surface area contributed by atoms with E-state index in [4.69, 9.17) is 0 Å². The number of nitrogens with one attached hydrogen (secondary N) is 1. The van der Waals surface area contributed by atoms with Gasteiger partial charge in [-0.25, -0.2) is 4.98 Å². The van der Waals surface area contributed by atoms with E-state index in [2.05, 4.69) is 49.3 Å². The first-order valence-electron chi connectivity index (χ1n) is 5.85. The Labute approximate surface area is 107 Å². The number of thiazole rings is 1. The molecule has 1 N–H and O–H groups in total. The van der Waals surface area contributed by atoms with Crippen molar-refractivity contribution in [2.24, 2.45) is 0 Å². The molecule has 0 aliphatic heterocycles. The summed E-state index contributed by atoms with van der Waals surface area (Å²) in [6, 6.07) is 7.05. The van der Waals surface area contributed by atoms with Crippen molar-refractivity contribution in [3.05, 3.63) is 51.5 Å². The molecular formula is C14H18N2S. The highest BCUT2D eigenvalue weighted by molar-refractivity contribution is 7.09. The van der Waals surface area contributed by atoms with Crippen LogP contribution in [0.1, 0.15) is 34.7 Å². The number of aryl methyl sites for hydroxylation is 2. The van der Waals surface area contributed by atoms with Gasteiger partial charge in [-0.2, -0.15) is 0 Å². The molecule has 17 heavy (non-hydrogen) atoms. The van der Waals surface area contributed by atoms with Crippen molar-refractivity contribution in [1.29, 1.82) is 0 Å². The van der Waals surface area contributed by atoms with Gasteiger partial charge in [0.15, 0.2) is 0 Å². The first kappa shape index (κ1) is 12.3.